The zero-order valence-electron chi connectivity index (χ0n) is 12.5. The van der Waals surface area contributed by atoms with Gasteiger partial charge in [0.1, 0.15) is 11.0 Å². The van der Waals surface area contributed by atoms with Crippen LogP contribution in [-0.4, -0.2) is 73.7 Å². The Hall–Kier alpha value is -1.10. The Morgan fingerprint density at radius 2 is 2.18 bits per heavy atom. The lowest BCUT2D eigenvalue weighted by Crippen LogP contribution is -2.55. The van der Waals surface area contributed by atoms with Gasteiger partial charge < -0.3 is 19.8 Å². The Labute approximate surface area is 129 Å². The molecule has 1 aromatic rings. The molecule has 1 aliphatic heterocycles. The summed E-state index contributed by atoms with van der Waals surface area (Å²) in [5.41, 5.74) is 0. The summed E-state index contributed by atoms with van der Waals surface area (Å²) in [7, 11) is -0.118. The number of likely N-dealkylation sites (N-methyl/N-ethyl adjacent to an activating group) is 1. The molecule has 1 saturated heterocycles. The Bertz CT molecular complexity index is 581. The third-order valence-electron chi connectivity index (χ3n) is 3.63. The van der Waals surface area contributed by atoms with Crippen LogP contribution >= 0.6 is 0 Å². The van der Waals surface area contributed by atoms with E-state index in [1.54, 1.807) is 19.0 Å². The Morgan fingerprint density at radius 1 is 1.45 bits per heavy atom. The molecule has 2 heterocycles. The van der Waals surface area contributed by atoms with E-state index in [9.17, 15) is 18.6 Å². The molecule has 4 atom stereocenters. The molecule has 9 heteroatoms. The number of hydrogen-bond donors (Lipinski definition) is 3. The summed E-state index contributed by atoms with van der Waals surface area (Å²) in [6.07, 6.45) is 0.252. The minimum atomic E-state index is -3.68. The fraction of sp³-hybridized carbons (Fsp3) is 0.615. The number of aromatic nitrogens is 1. The number of aliphatic hydroxyl groups excluding tert-OH is 2. The topological polar surface area (TPSA) is 112 Å². The van der Waals surface area contributed by atoms with Crippen LogP contribution in [0, 0.1) is 0 Å². The molecule has 0 amide bonds. The molecule has 3 N–H and O–H groups in total. The van der Waals surface area contributed by atoms with Crippen LogP contribution in [0.5, 0.6) is 0 Å². The van der Waals surface area contributed by atoms with Crippen LogP contribution in [-0.2, 0) is 14.8 Å². The number of nitrogens with one attached hydrogen (secondary N) is 1. The maximum absolute atomic E-state index is 12.1. The first-order chi connectivity index (χ1) is 10.3. The summed E-state index contributed by atoms with van der Waals surface area (Å²) in [4.78, 5) is 5.61. The van der Waals surface area contributed by atoms with Gasteiger partial charge in [-0.05, 0) is 32.6 Å². The molecule has 2 rings (SSSR count). The smallest absolute Gasteiger partial charge is 0.242 e. The van der Waals surface area contributed by atoms with Gasteiger partial charge in [-0.1, -0.05) is 0 Å². The third-order valence-corrected chi connectivity index (χ3v) is 5.04. The van der Waals surface area contributed by atoms with E-state index in [-0.39, 0.29) is 17.5 Å². The number of hydrogen-bond acceptors (Lipinski definition) is 7. The fourth-order valence-electron chi connectivity index (χ4n) is 2.37. The van der Waals surface area contributed by atoms with Crippen molar-refractivity contribution in [3.8, 4) is 0 Å². The van der Waals surface area contributed by atoms with Crippen LogP contribution in [0.4, 0.5) is 0 Å². The van der Waals surface area contributed by atoms with Crippen molar-refractivity contribution in [2.24, 2.45) is 0 Å². The van der Waals surface area contributed by atoms with Gasteiger partial charge in [-0.3, -0.25) is 4.98 Å². The second-order valence-corrected chi connectivity index (χ2v) is 7.21. The Morgan fingerprint density at radius 3 is 2.77 bits per heavy atom. The van der Waals surface area contributed by atoms with Gasteiger partial charge in [0.05, 0.1) is 6.10 Å². The zero-order chi connectivity index (χ0) is 16.3. The molecule has 0 radical (unpaired) electrons. The van der Waals surface area contributed by atoms with Gasteiger partial charge in [0.2, 0.25) is 10.0 Å². The van der Waals surface area contributed by atoms with Gasteiger partial charge in [0.25, 0.3) is 0 Å². The monoisotopic (exact) mass is 331 g/mol. The number of pyridine rings is 1. The van der Waals surface area contributed by atoms with E-state index in [2.05, 4.69) is 9.71 Å². The molecule has 2 unspecified atom stereocenters. The summed E-state index contributed by atoms with van der Waals surface area (Å²) in [6.45, 7) is 0.00531. The first-order valence-electron chi connectivity index (χ1n) is 6.89. The van der Waals surface area contributed by atoms with E-state index in [1.165, 1.54) is 24.5 Å². The van der Waals surface area contributed by atoms with Crippen molar-refractivity contribution in [2.75, 3.05) is 20.6 Å². The number of sulfonamides is 1. The highest BCUT2D eigenvalue weighted by Gasteiger charge is 2.38. The van der Waals surface area contributed by atoms with Gasteiger partial charge in [0.15, 0.2) is 6.29 Å². The average molecular weight is 331 g/mol. The molecule has 1 aliphatic rings. The van der Waals surface area contributed by atoms with Crippen molar-refractivity contribution in [3.05, 3.63) is 24.5 Å². The molecular weight excluding hydrogens is 310 g/mol. The maximum Gasteiger partial charge on any atom is 0.242 e. The van der Waals surface area contributed by atoms with Crippen molar-refractivity contribution >= 4 is 10.0 Å². The molecule has 0 aromatic carbocycles. The standard InChI is InChI=1S/C13H21N3O5S/c1-16(2)11-6-9(21-13(18)12(11)17)7-15-22(19,20)10-4-3-5-14-8-10/h3-5,8-9,11-13,15,17-18H,6-7H2,1-2H3/t9-,11?,12?,13+/m0/s1. The maximum atomic E-state index is 12.1. The summed E-state index contributed by atoms with van der Waals surface area (Å²) >= 11 is 0. The van der Waals surface area contributed by atoms with Crippen LogP contribution in [0.15, 0.2) is 29.4 Å². The summed E-state index contributed by atoms with van der Waals surface area (Å²) in [6, 6.07) is 2.67. The molecule has 22 heavy (non-hydrogen) atoms. The van der Waals surface area contributed by atoms with Crippen molar-refractivity contribution in [3.63, 3.8) is 0 Å². The van der Waals surface area contributed by atoms with Gasteiger partial charge in [0, 0.05) is 25.0 Å². The summed E-state index contributed by atoms with van der Waals surface area (Å²) in [5, 5.41) is 19.6. The number of aliphatic hydroxyl groups is 2. The van der Waals surface area contributed by atoms with Crippen molar-refractivity contribution in [2.45, 2.75) is 35.9 Å². The lowest BCUT2D eigenvalue weighted by Gasteiger charge is -2.40. The third kappa shape index (κ3) is 4.00. The molecule has 0 bridgehead atoms. The van der Waals surface area contributed by atoms with Crippen molar-refractivity contribution in [1.82, 2.24) is 14.6 Å². The number of nitrogens with zero attached hydrogens (tertiary/aromatic N) is 2. The lowest BCUT2D eigenvalue weighted by atomic mass is 9.99. The van der Waals surface area contributed by atoms with E-state index < -0.39 is 28.5 Å². The molecule has 1 aromatic heterocycles. The largest absolute Gasteiger partial charge is 0.386 e. The van der Waals surface area contributed by atoms with Crippen LogP contribution in [0.25, 0.3) is 0 Å². The normalized spacial score (nSPS) is 29.7. The van der Waals surface area contributed by atoms with E-state index >= 15 is 0 Å². The van der Waals surface area contributed by atoms with E-state index in [1.807, 2.05) is 0 Å². The van der Waals surface area contributed by atoms with Gasteiger partial charge >= 0.3 is 0 Å². The number of rotatable bonds is 5. The Kier molecular flexibility index (Phi) is 5.48. The Balaban J connectivity index is 1.99. The second-order valence-electron chi connectivity index (χ2n) is 5.45. The van der Waals surface area contributed by atoms with Gasteiger partial charge in [-0.2, -0.15) is 0 Å². The quantitative estimate of drug-likeness (QED) is 0.618. The minimum Gasteiger partial charge on any atom is -0.386 e. The lowest BCUT2D eigenvalue weighted by molar-refractivity contribution is -0.232. The van der Waals surface area contributed by atoms with E-state index in [0.29, 0.717) is 6.42 Å². The SMILES string of the molecule is CN(C)C1C[C@@H](CNS(=O)(=O)c2cccnc2)O[C@@H](O)C1O. The molecule has 8 nitrogen and oxygen atoms in total. The zero-order valence-corrected chi connectivity index (χ0v) is 13.3. The van der Waals surface area contributed by atoms with Gasteiger partial charge in [-0.15, -0.1) is 0 Å². The highest BCUT2D eigenvalue weighted by Crippen LogP contribution is 2.22. The van der Waals surface area contributed by atoms with Crippen molar-refractivity contribution < 1.29 is 23.4 Å². The first-order valence-corrected chi connectivity index (χ1v) is 8.37. The molecule has 124 valence electrons. The summed E-state index contributed by atoms with van der Waals surface area (Å²) < 4.78 is 31.9. The van der Waals surface area contributed by atoms with Crippen LogP contribution in [0.3, 0.4) is 0 Å². The fourth-order valence-corrected chi connectivity index (χ4v) is 3.40. The highest BCUT2D eigenvalue weighted by atomic mass is 32.2. The van der Waals surface area contributed by atoms with Crippen LogP contribution in [0.1, 0.15) is 6.42 Å². The minimum absolute atomic E-state index is 0.00531. The van der Waals surface area contributed by atoms with Crippen molar-refractivity contribution in [1.29, 1.82) is 0 Å². The number of ether oxygens (including phenoxy) is 1. The highest BCUT2D eigenvalue weighted by molar-refractivity contribution is 7.89. The predicted molar refractivity (Wildman–Crippen MR) is 78.4 cm³/mol. The second kappa shape index (κ2) is 6.99. The first kappa shape index (κ1) is 17.3. The molecular formula is C13H21N3O5S. The van der Waals surface area contributed by atoms with E-state index in [0.717, 1.165) is 0 Å². The molecule has 0 aliphatic carbocycles. The summed E-state index contributed by atoms with van der Waals surface area (Å²) in [5.74, 6) is 0. The van der Waals surface area contributed by atoms with Crippen LogP contribution in [0.2, 0.25) is 0 Å². The molecule has 1 fully saturated rings. The predicted octanol–water partition coefficient (Wildman–Crippen LogP) is -1.24. The van der Waals surface area contributed by atoms with E-state index in [4.69, 9.17) is 4.74 Å². The average Bonchev–Trinajstić information content (AvgIpc) is 2.49. The van der Waals surface area contributed by atoms with Gasteiger partial charge in [-0.25, -0.2) is 13.1 Å². The van der Waals surface area contributed by atoms with Crippen LogP contribution < -0.4 is 4.72 Å². The molecule has 0 saturated carbocycles. The molecule has 0 spiro atoms.